The van der Waals surface area contributed by atoms with Crippen LogP contribution in [0.15, 0.2) is 65.1 Å². The van der Waals surface area contributed by atoms with Crippen molar-refractivity contribution in [3.8, 4) is 17.1 Å². The molecule has 0 fully saturated rings. The lowest BCUT2D eigenvalue weighted by Crippen LogP contribution is -2.06. The van der Waals surface area contributed by atoms with Gasteiger partial charge in [-0.25, -0.2) is 4.98 Å². The molecule has 2 heterocycles. The van der Waals surface area contributed by atoms with Crippen molar-refractivity contribution >= 4 is 34.1 Å². The molecule has 0 saturated heterocycles. The van der Waals surface area contributed by atoms with Gasteiger partial charge < -0.3 is 14.6 Å². The second-order valence-corrected chi connectivity index (χ2v) is 8.81. The van der Waals surface area contributed by atoms with E-state index in [4.69, 9.17) is 4.74 Å². The third kappa shape index (κ3) is 5.35. The quantitative estimate of drug-likeness (QED) is 0.354. The van der Waals surface area contributed by atoms with Gasteiger partial charge in [-0.1, -0.05) is 54.2 Å². The maximum atomic E-state index is 11.2. The molecule has 32 heavy (non-hydrogen) atoms. The normalized spacial score (nSPS) is 10.8. The average molecular weight is 466 g/mol. The summed E-state index contributed by atoms with van der Waals surface area (Å²) in [5.74, 6) is 2.04. The van der Waals surface area contributed by atoms with Crippen LogP contribution in [0.4, 0.5) is 5.13 Å². The number of methoxy groups -OCH3 is 1. The van der Waals surface area contributed by atoms with E-state index in [1.165, 1.54) is 23.8 Å². The highest BCUT2D eigenvalue weighted by molar-refractivity contribution is 7.98. The van der Waals surface area contributed by atoms with Crippen LogP contribution in [0.5, 0.6) is 5.75 Å². The Morgan fingerprint density at radius 2 is 1.91 bits per heavy atom. The number of thioether (sulfide) groups is 1. The number of aromatic nitrogens is 4. The molecule has 0 saturated carbocycles. The van der Waals surface area contributed by atoms with E-state index in [9.17, 15) is 4.79 Å². The van der Waals surface area contributed by atoms with Crippen LogP contribution in [0.25, 0.3) is 11.4 Å². The summed E-state index contributed by atoms with van der Waals surface area (Å²) in [5.41, 5.74) is 3.05. The van der Waals surface area contributed by atoms with E-state index in [1.54, 1.807) is 18.9 Å². The molecule has 1 amide bonds. The zero-order valence-corrected chi connectivity index (χ0v) is 19.4. The Balaban J connectivity index is 1.59. The number of carbonyl (C=O) groups excluding carboxylic acids is 1. The number of nitrogens with one attached hydrogen (secondary N) is 1. The Labute approximate surface area is 194 Å². The van der Waals surface area contributed by atoms with Crippen molar-refractivity contribution < 1.29 is 9.53 Å². The largest absolute Gasteiger partial charge is 0.496 e. The van der Waals surface area contributed by atoms with Gasteiger partial charge in [-0.15, -0.1) is 21.5 Å². The van der Waals surface area contributed by atoms with Gasteiger partial charge in [0, 0.05) is 24.6 Å². The maximum Gasteiger partial charge on any atom is 0.223 e. The monoisotopic (exact) mass is 465 g/mol. The fourth-order valence-electron chi connectivity index (χ4n) is 3.23. The molecule has 1 N–H and O–H groups in total. The number of carbonyl (C=O) groups is 1. The number of hydrogen-bond acceptors (Lipinski definition) is 7. The molecule has 0 unspecified atom stereocenters. The second kappa shape index (κ2) is 10.4. The fourth-order valence-corrected chi connectivity index (χ4v) is 4.95. The zero-order chi connectivity index (χ0) is 22.3. The molecule has 164 valence electrons. The first-order valence-corrected chi connectivity index (χ1v) is 12.0. The van der Waals surface area contributed by atoms with Gasteiger partial charge in [-0.3, -0.25) is 4.79 Å². The van der Waals surface area contributed by atoms with Crippen molar-refractivity contribution in [3.63, 3.8) is 0 Å². The molecule has 0 aliphatic heterocycles. The SMILES string of the molecule is COc1ccccc1-c1nnc(SCc2csc(NC(C)=O)n2)n1CCc1ccccc1. The number of hydrogen-bond donors (Lipinski definition) is 1. The van der Waals surface area contributed by atoms with Gasteiger partial charge in [0.25, 0.3) is 0 Å². The van der Waals surface area contributed by atoms with Crippen molar-refractivity contribution in [2.75, 3.05) is 12.4 Å². The zero-order valence-electron chi connectivity index (χ0n) is 17.8. The number of aryl methyl sites for hydroxylation is 1. The van der Waals surface area contributed by atoms with Gasteiger partial charge in [0.1, 0.15) is 5.75 Å². The molecule has 9 heteroatoms. The highest BCUT2D eigenvalue weighted by atomic mass is 32.2. The van der Waals surface area contributed by atoms with Gasteiger partial charge in [0.15, 0.2) is 16.1 Å². The first kappa shape index (κ1) is 22.0. The molecule has 0 atom stereocenters. The second-order valence-electron chi connectivity index (χ2n) is 7.01. The molecule has 0 radical (unpaired) electrons. The van der Waals surface area contributed by atoms with E-state index in [2.05, 4.69) is 37.2 Å². The van der Waals surface area contributed by atoms with E-state index in [1.807, 2.05) is 47.8 Å². The van der Waals surface area contributed by atoms with E-state index >= 15 is 0 Å². The topological polar surface area (TPSA) is 81.9 Å². The third-order valence-electron chi connectivity index (χ3n) is 4.72. The highest BCUT2D eigenvalue weighted by Gasteiger charge is 2.18. The molecule has 0 spiro atoms. The maximum absolute atomic E-state index is 11.2. The minimum Gasteiger partial charge on any atom is -0.496 e. The molecule has 2 aromatic heterocycles. The Bertz CT molecular complexity index is 1190. The first-order chi connectivity index (χ1) is 15.6. The summed E-state index contributed by atoms with van der Waals surface area (Å²) in [6.07, 6.45) is 0.859. The van der Waals surface area contributed by atoms with Crippen LogP contribution in [0, 0.1) is 0 Å². The number of rotatable bonds is 9. The van der Waals surface area contributed by atoms with Crippen LogP contribution in [0.1, 0.15) is 18.2 Å². The number of para-hydroxylation sites is 1. The number of ether oxygens (including phenoxy) is 1. The van der Waals surface area contributed by atoms with Crippen LogP contribution in [0.2, 0.25) is 0 Å². The predicted molar refractivity (Wildman–Crippen MR) is 128 cm³/mol. The Kier molecular flexibility index (Phi) is 7.18. The molecular formula is C23H23N5O2S2. The van der Waals surface area contributed by atoms with Gasteiger partial charge in [0.05, 0.1) is 18.4 Å². The Hall–Kier alpha value is -3.17. The van der Waals surface area contributed by atoms with E-state index < -0.39 is 0 Å². The van der Waals surface area contributed by atoms with Crippen molar-refractivity contribution in [2.45, 2.75) is 30.8 Å². The number of benzene rings is 2. The minimum atomic E-state index is -0.124. The van der Waals surface area contributed by atoms with Gasteiger partial charge >= 0.3 is 0 Å². The smallest absolute Gasteiger partial charge is 0.223 e. The Morgan fingerprint density at radius 1 is 1.12 bits per heavy atom. The molecule has 0 bridgehead atoms. The van der Waals surface area contributed by atoms with Crippen LogP contribution in [-0.4, -0.2) is 32.8 Å². The molecule has 4 rings (SSSR count). The molecule has 7 nitrogen and oxygen atoms in total. The van der Waals surface area contributed by atoms with Crippen LogP contribution < -0.4 is 10.1 Å². The fraction of sp³-hybridized carbons (Fsp3) is 0.217. The van der Waals surface area contributed by atoms with E-state index in [0.29, 0.717) is 10.9 Å². The molecule has 0 aliphatic rings. The average Bonchev–Trinajstić information content (AvgIpc) is 3.42. The lowest BCUT2D eigenvalue weighted by atomic mass is 10.1. The van der Waals surface area contributed by atoms with Crippen LogP contribution in [0.3, 0.4) is 0 Å². The standard InChI is InChI=1S/C23H23N5O2S2/c1-16(29)24-22-25-18(14-31-22)15-32-23-27-26-21(19-10-6-7-11-20(19)30-2)28(23)13-12-17-8-4-3-5-9-17/h3-11,14H,12-13,15H2,1-2H3,(H,24,25,29). The molecule has 2 aromatic carbocycles. The third-order valence-corrected chi connectivity index (χ3v) is 6.52. The summed E-state index contributed by atoms with van der Waals surface area (Å²) in [4.78, 5) is 15.7. The highest BCUT2D eigenvalue weighted by Crippen LogP contribution is 2.32. The lowest BCUT2D eigenvalue weighted by Gasteiger charge is -2.12. The predicted octanol–water partition coefficient (Wildman–Crippen LogP) is 4.90. The van der Waals surface area contributed by atoms with Crippen LogP contribution in [-0.2, 0) is 23.5 Å². The van der Waals surface area contributed by atoms with Crippen molar-refractivity contribution in [1.29, 1.82) is 0 Å². The van der Waals surface area contributed by atoms with Gasteiger partial charge in [-0.2, -0.15) is 0 Å². The van der Waals surface area contributed by atoms with Gasteiger partial charge in [-0.05, 0) is 24.1 Å². The number of anilines is 1. The van der Waals surface area contributed by atoms with E-state index in [0.717, 1.165) is 41.0 Å². The summed E-state index contributed by atoms with van der Waals surface area (Å²) in [7, 11) is 1.66. The molecule has 0 aliphatic carbocycles. The number of nitrogens with zero attached hydrogens (tertiary/aromatic N) is 4. The number of amides is 1. The van der Waals surface area contributed by atoms with Crippen LogP contribution >= 0.6 is 23.1 Å². The summed E-state index contributed by atoms with van der Waals surface area (Å²) in [5, 5.41) is 15.1. The Morgan fingerprint density at radius 3 is 2.69 bits per heavy atom. The molecule has 4 aromatic rings. The van der Waals surface area contributed by atoms with Crippen molar-refractivity contribution in [2.24, 2.45) is 0 Å². The van der Waals surface area contributed by atoms with Crippen molar-refractivity contribution in [1.82, 2.24) is 19.7 Å². The summed E-state index contributed by atoms with van der Waals surface area (Å²) in [6, 6.07) is 18.2. The first-order valence-electron chi connectivity index (χ1n) is 10.1. The summed E-state index contributed by atoms with van der Waals surface area (Å²) in [6.45, 7) is 2.21. The van der Waals surface area contributed by atoms with Crippen molar-refractivity contribution in [3.05, 3.63) is 71.2 Å². The lowest BCUT2D eigenvalue weighted by molar-refractivity contribution is -0.114. The summed E-state index contributed by atoms with van der Waals surface area (Å²) < 4.78 is 7.69. The molecular weight excluding hydrogens is 442 g/mol. The summed E-state index contributed by atoms with van der Waals surface area (Å²) >= 11 is 2.99. The number of thiazole rings is 1. The minimum absolute atomic E-state index is 0.124. The van der Waals surface area contributed by atoms with E-state index in [-0.39, 0.29) is 5.91 Å². The van der Waals surface area contributed by atoms with Gasteiger partial charge in [0.2, 0.25) is 5.91 Å².